The van der Waals surface area contributed by atoms with E-state index >= 15 is 43.2 Å². The SMILES string of the molecule is CC(C)C[C@@H]1NC(=O)[C@H](Cc2ccccc2)NC(=O)[C@H]([C@@H](C)O)NC(=O)[C@@H]2CCCN2C(=O)[C@H]2CCCN2C(=O)[C@H](CCCCN)NC(=O)[C@H](C)NC(=O)[C@H](CCCCN)NC(=O)[C@H](CCCCN)NC(=O)[C@H](Cc2c[nH]c3ccccc23)NC(=O)[C@H](CCCN=C(N)N)NC(=O)[C@H](CCCN=C(N)N)NC(=O)[C@H](CCCCN)NC(=O)[C@H](CCCCN)NC1=O. The van der Waals surface area contributed by atoms with Crippen LogP contribution >= 0.6 is 0 Å². The fourth-order valence-corrected chi connectivity index (χ4v) is 15.6. The Kier molecular flexibility index (Phi) is 45.0. The summed E-state index contributed by atoms with van der Waals surface area (Å²) >= 11 is 0. The molecule has 41 nitrogen and oxygen atoms in total. The molecule has 6 rings (SSSR count). The number of aromatic nitrogens is 1. The molecule has 3 saturated heterocycles. The molecule has 126 heavy (non-hydrogen) atoms. The first-order valence-corrected chi connectivity index (χ1v) is 44.5. The minimum absolute atomic E-state index is 0.0124. The number of hydrogen-bond acceptors (Lipinski definition) is 22. The van der Waals surface area contributed by atoms with E-state index in [9.17, 15) is 29.1 Å². The van der Waals surface area contributed by atoms with Crippen LogP contribution in [0.25, 0.3) is 10.9 Å². The van der Waals surface area contributed by atoms with Crippen molar-refractivity contribution < 1.29 is 72.2 Å². The predicted molar refractivity (Wildman–Crippen MR) is 476 cm³/mol. The molecule has 15 atom stereocenters. The number of aliphatic imine (C=N–C) groups is 2. The topological polar surface area (TPSA) is 685 Å². The number of unbranched alkanes of at least 4 members (excludes halogenated alkanes) is 5. The third-order valence-electron chi connectivity index (χ3n) is 22.5. The van der Waals surface area contributed by atoms with Crippen LogP contribution in [0.15, 0.2) is 70.8 Å². The molecule has 0 aliphatic carbocycles. The molecule has 32 N–H and O–H groups in total. The molecule has 3 aromatic rings. The number of fused-ring (bicyclic) bond motifs is 3. The minimum atomic E-state index is -1.74. The molecule has 3 aliphatic heterocycles. The zero-order valence-corrected chi connectivity index (χ0v) is 73.4. The highest BCUT2D eigenvalue weighted by molar-refractivity contribution is 6.02. The van der Waals surface area contributed by atoms with Crippen molar-refractivity contribution in [3.63, 3.8) is 0 Å². The number of H-pyrrole nitrogens is 1. The average molecular weight is 1770 g/mol. The molecular weight excluding hydrogens is 1630 g/mol. The molecule has 0 unspecified atom stereocenters. The standard InChI is InChI=1S/C85H140N26O15/c1-50(2)46-64-77(120)103-59(30-12-17-39-88)74(117)100-58(29-11-16-38-87)72(115)101-61(33-20-42-95-84(91)92)75(118)102-62(34-21-43-96-85(93)94)76(119)107-66(48-54-49-97-56-27-9-8-26-55(54)56)79(122)104-60(31-13-18-40-89)73(116)99-57(28-10-15-37-86)71(114)98-51(3)70(113)105-63(32-14-19-41-90)82(125)111-45-23-36-68(111)83(126)110-44-22-35-67(110)80(123)109-69(52(4)112)81(124)108-65(78(121)106-64)47-53-24-6-5-7-25-53/h5-9,24-27,49-52,57-69,97,112H,10-23,28-48,86-90H2,1-4H3,(H,98,114)(H,99,116)(H,100,117)(H,101,115)(H,102,118)(H,103,120)(H,104,122)(H,105,113)(H,106,121)(H,107,119)(H,108,124)(H,109,123)(H4,91,92,95)(H4,93,94,96)/t51-,52+,57-,58-,59-,60-,61-,62-,63-,64-,65-,66-,67-,68+,69-/m0/s1. The van der Waals surface area contributed by atoms with Crippen molar-refractivity contribution in [3.8, 4) is 0 Å². The maximum Gasteiger partial charge on any atom is 0.246 e. The van der Waals surface area contributed by atoms with Crippen LogP contribution in [0.1, 0.15) is 193 Å². The molecule has 3 aliphatic rings. The van der Waals surface area contributed by atoms with Gasteiger partial charge in [0.25, 0.3) is 0 Å². The van der Waals surface area contributed by atoms with Gasteiger partial charge in [-0.2, -0.15) is 0 Å². The summed E-state index contributed by atoms with van der Waals surface area (Å²) < 4.78 is 0. The van der Waals surface area contributed by atoms with Gasteiger partial charge in [-0.1, -0.05) is 62.4 Å². The van der Waals surface area contributed by atoms with Gasteiger partial charge in [0.15, 0.2) is 11.9 Å². The number of nitrogens with two attached hydrogens (primary N) is 9. The van der Waals surface area contributed by atoms with Gasteiger partial charge >= 0.3 is 0 Å². The Morgan fingerprint density at radius 1 is 0.389 bits per heavy atom. The summed E-state index contributed by atoms with van der Waals surface area (Å²) in [6, 6.07) is -4.14. The summed E-state index contributed by atoms with van der Waals surface area (Å²) in [7, 11) is 0. The summed E-state index contributed by atoms with van der Waals surface area (Å²) in [6.45, 7) is 7.25. The van der Waals surface area contributed by atoms with Crippen LogP contribution < -0.4 is 115 Å². The van der Waals surface area contributed by atoms with E-state index < -0.39 is 173 Å². The van der Waals surface area contributed by atoms with E-state index in [0.717, 1.165) is 0 Å². The number of benzene rings is 2. The number of nitrogens with one attached hydrogen (secondary N) is 13. The number of aliphatic hydroxyl groups is 1. The number of nitrogens with zero attached hydrogens (tertiary/aromatic N) is 4. The first-order chi connectivity index (χ1) is 60.3. The number of carbonyl (C=O) groups excluding carboxylic acids is 14. The molecule has 0 saturated carbocycles. The maximum atomic E-state index is 15.4. The largest absolute Gasteiger partial charge is 0.391 e. The lowest BCUT2D eigenvalue weighted by Gasteiger charge is -2.34. The Balaban J connectivity index is 1.48. The summed E-state index contributed by atoms with van der Waals surface area (Å²) in [5.41, 5.74) is 54.4. The number of aliphatic hydroxyl groups excluding tert-OH is 1. The van der Waals surface area contributed by atoms with Crippen LogP contribution in [0.2, 0.25) is 0 Å². The molecule has 4 heterocycles. The predicted octanol–water partition coefficient (Wildman–Crippen LogP) is -4.03. The van der Waals surface area contributed by atoms with Crippen molar-refractivity contribution in [1.29, 1.82) is 0 Å². The average Bonchev–Trinajstić information content (AvgIpc) is 1.64. The van der Waals surface area contributed by atoms with Crippen LogP contribution in [-0.4, -0.2) is 264 Å². The number of rotatable bonds is 35. The van der Waals surface area contributed by atoms with Gasteiger partial charge in [0, 0.05) is 56.1 Å². The van der Waals surface area contributed by atoms with Crippen molar-refractivity contribution in [2.75, 3.05) is 58.9 Å². The highest BCUT2D eigenvalue weighted by Crippen LogP contribution is 2.28. The highest BCUT2D eigenvalue weighted by atomic mass is 16.3. The third kappa shape index (κ3) is 34.0. The Hall–Kier alpha value is -11.1. The van der Waals surface area contributed by atoms with E-state index in [2.05, 4.69) is 78.8 Å². The van der Waals surface area contributed by atoms with Gasteiger partial charge in [-0.05, 0) is 224 Å². The van der Waals surface area contributed by atoms with Crippen molar-refractivity contribution in [2.24, 2.45) is 67.5 Å². The summed E-state index contributed by atoms with van der Waals surface area (Å²) in [4.78, 5) is 224. The lowest BCUT2D eigenvalue weighted by atomic mass is 9.99. The number of aromatic amines is 1. The molecular formula is C85H140N26O15. The first kappa shape index (κ1) is 104. The molecule has 1 aromatic heterocycles. The number of guanidine groups is 2. The van der Waals surface area contributed by atoms with Gasteiger partial charge in [-0.15, -0.1) is 0 Å². The smallest absolute Gasteiger partial charge is 0.246 e. The summed E-state index contributed by atoms with van der Waals surface area (Å²) in [5, 5.41) is 45.2. The second-order valence-corrected chi connectivity index (χ2v) is 33.2. The van der Waals surface area contributed by atoms with E-state index in [-0.39, 0.29) is 186 Å². The molecule has 3 fully saturated rings. The van der Waals surface area contributed by atoms with Crippen molar-refractivity contribution in [1.82, 2.24) is 78.6 Å². The molecule has 0 radical (unpaired) electrons. The Morgan fingerprint density at radius 2 is 0.746 bits per heavy atom. The Morgan fingerprint density at radius 3 is 1.18 bits per heavy atom. The van der Waals surface area contributed by atoms with Crippen LogP contribution in [0, 0.1) is 5.92 Å². The molecule has 41 heteroatoms. The van der Waals surface area contributed by atoms with E-state index in [1.807, 2.05) is 0 Å². The second kappa shape index (κ2) is 54.7. The van der Waals surface area contributed by atoms with Gasteiger partial charge in [0.05, 0.1) is 6.10 Å². The van der Waals surface area contributed by atoms with Crippen molar-refractivity contribution in [2.45, 2.75) is 285 Å². The molecule has 2 aromatic carbocycles. The normalized spacial score (nSPS) is 24.8. The molecule has 700 valence electrons. The zero-order chi connectivity index (χ0) is 92.4. The second-order valence-electron chi connectivity index (χ2n) is 33.2. The van der Waals surface area contributed by atoms with Gasteiger partial charge in [-0.3, -0.25) is 77.1 Å². The van der Waals surface area contributed by atoms with Crippen molar-refractivity contribution >= 4 is 106 Å². The van der Waals surface area contributed by atoms with Crippen LogP contribution in [0.5, 0.6) is 0 Å². The third-order valence-corrected chi connectivity index (χ3v) is 22.5. The number of amides is 14. The van der Waals surface area contributed by atoms with Crippen LogP contribution in [0.3, 0.4) is 0 Å². The number of carbonyl (C=O) groups is 14. The van der Waals surface area contributed by atoms with Gasteiger partial charge in [-0.25, -0.2) is 0 Å². The van der Waals surface area contributed by atoms with Gasteiger partial charge < -0.3 is 135 Å². The van der Waals surface area contributed by atoms with Crippen LogP contribution in [0.4, 0.5) is 0 Å². The summed E-state index contributed by atoms with van der Waals surface area (Å²) in [5.74, 6) is -12.6. The zero-order valence-electron chi connectivity index (χ0n) is 73.4. The van der Waals surface area contributed by atoms with Crippen LogP contribution in [-0.2, 0) is 80.0 Å². The first-order valence-electron chi connectivity index (χ1n) is 44.5. The lowest BCUT2D eigenvalue weighted by Crippen LogP contribution is -2.62. The molecule has 0 spiro atoms. The van der Waals surface area contributed by atoms with E-state index in [4.69, 9.17) is 51.6 Å². The van der Waals surface area contributed by atoms with E-state index in [1.54, 1.807) is 74.6 Å². The fourth-order valence-electron chi connectivity index (χ4n) is 15.6. The quantitative estimate of drug-likeness (QED) is 0.0151. The van der Waals surface area contributed by atoms with E-state index in [0.29, 0.717) is 79.8 Å². The fraction of sp³-hybridized carbons (Fsp3) is 0.647. The number of para-hydroxylation sites is 1. The molecule has 0 bridgehead atoms. The van der Waals surface area contributed by atoms with Crippen molar-refractivity contribution in [3.05, 3.63) is 71.9 Å². The maximum absolute atomic E-state index is 15.4. The Bertz CT molecular complexity index is 4110. The van der Waals surface area contributed by atoms with Gasteiger partial charge in [0.1, 0.15) is 84.6 Å². The summed E-state index contributed by atoms with van der Waals surface area (Å²) in [6.07, 6.45) is 3.62. The van der Waals surface area contributed by atoms with E-state index in [1.165, 1.54) is 23.6 Å². The monoisotopic (exact) mass is 1770 g/mol. The highest BCUT2D eigenvalue weighted by Gasteiger charge is 2.46. The number of hydrogen-bond donors (Lipinski definition) is 23. The minimum Gasteiger partial charge on any atom is -0.391 e. The Labute approximate surface area is 736 Å². The molecule has 14 amide bonds. The van der Waals surface area contributed by atoms with Gasteiger partial charge in [0.2, 0.25) is 82.7 Å². The lowest BCUT2D eigenvalue weighted by molar-refractivity contribution is -0.148.